The van der Waals surface area contributed by atoms with Crippen LogP contribution >= 0.6 is 39.7 Å². The summed E-state index contributed by atoms with van der Waals surface area (Å²) in [4.78, 5) is 2.95. The molecular formula is C13H6BrClF2N2S. The van der Waals surface area contributed by atoms with Crippen molar-refractivity contribution in [3.05, 3.63) is 56.2 Å². The minimum atomic E-state index is -0.485. The van der Waals surface area contributed by atoms with Gasteiger partial charge in [-0.05, 0) is 52.4 Å². The fraction of sp³-hybridized carbons (Fsp3) is 0. The van der Waals surface area contributed by atoms with Gasteiger partial charge in [0.15, 0.2) is 4.77 Å². The molecule has 0 aliphatic rings. The van der Waals surface area contributed by atoms with Crippen molar-refractivity contribution in [2.45, 2.75) is 0 Å². The number of halogens is 4. The largest absolute Gasteiger partial charge is 0.330 e. The fourth-order valence-electron chi connectivity index (χ4n) is 2.03. The maximum absolute atomic E-state index is 13.7. The molecule has 0 atom stereocenters. The van der Waals surface area contributed by atoms with Crippen LogP contribution in [-0.2, 0) is 0 Å². The number of imidazole rings is 1. The van der Waals surface area contributed by atoms with E-state index in [1.54, 1.807) is 12.1 Å². The second kappa shape index (κ2) is 4.95. The zero-order valence-corrected chi connectivity index (χ0v) is 12.9. The first-order valence-electron chi connectivity index (χ1n) is 5.52. The van der Waals surface area contributed by atoms with Crippen molar-refractivity contribution < 1.29 is 8.78 Å². The number of nitrogens with zero attached hydrogens (tertiary/aromatic N) is 1. The SMILES string of the molecule is Fc1cc(Cl)cc(-n2c(=S)[nH]c3cc(Br)c(F)cc32)c1. The molecule has 1 heterocycles. The molecule has 20 heavy (non-hydrogen) atoms. The van der Waals surface area contributed by atoms with Crippen LogP contribution in [-0.4, -0.2) is 9.55 Å². The van der Waals surface area contributed by atoms with Crippen LogP contribution in [0.15, 0.2) is 34.8 Å². The van der Waals surface area contributed by atoms with Crippen LogP contribution in [0.5, 0.6) is 0 Å². The minimum absolute atomic E-state index is 0.244. The number of hydrogen-bond donors (Lipinski definition) is 1. The molecule has 102 valence electrons. The van der Waals surface area contributed by atoms with Gasteiger partial charge in [-0.2, -0.15) is 0 Å². The van der Waals surface area contributed by atoms with Crippen LogP contribution in [0.1, 0.15) is 0 Å². The van der Waals surface area contributed by atoms with Crippen LogP contribution in [0.2, 0.25) is 5.02 Å². The smallest absolute Gasteiger partial charge is 0.182 e. The van der Waals surface area contributed by atoms with Gasteiger partial charge in [0.05, 0.1) is 21.2 Å². The quantitative estimate of drug-likeness (QED) is 0.566. The van der Waals surface area contributed by atoms with Gasteiger partial charge in [-0.15, -0.1) is 0 Å². The van der Waals surface area contributed by atoms with Gasteiger partial charge in [0.2, 0.25) is 0 Å². The Morgan fingerprint density at radius 1 is 1.15 bits per heavy atom. The Hall–Kier alpha value is -1.24. The molecule has 1 aromatic heterocycles. The first-order chi connectivity index (χ1) is 9.45. The molecule has 2 nitrogen and oxygen atoms in total. The average Bonchev–Trinajstić information content (AvgIpc) is 2.64. The Balaban J connectivity index is 2.38. The lowest BCUT2D eigenvalue weighted by Crippen LogP contribution is -1.95. The van der Waals surface area contributed by atoms with E-state index in [9.17, 15) is 8.78 Å². The lowest BCUT2D eigenvalue weighted by atomic mass is 10.2. The van der Waals surface area contributed by atoms with Gasteiger partial charge >= 0.3 is 0 Å². The molecule has 0 radical (unpaired) electrons. The van der Waals surface area contributed by atoms with Crippen LogP contribution < -0.4 is 0 Å². The van der Waals surface area contributed by atoms with Gasteiger partial charge in [-0.25, -0.2) is 8.78 Å². The molecular weight excluding hydrogens is 370 g/mol. The summed E-state index contributed by atoms with van der Waals surface area (Å²) in [5, 5.41) is 0.244. The van der Waals surface area contributed by atoms with E-state index in [1.807, 2.05) is 0 Å². The Kier molecular flexibility index (Phi) is 3.40. The van der Waals surface area contributed by atoms with Crippen molar-refractivity contribution in [3.8, 4) is 5.69 Å². The normalized spacial score (nSPS) is 11.2. The zero-order valence-electron chi connectivity index (χ0n) is 9.75. The molecule has 3 rings (SSSR count). The molecule has 3 aromatic rings. The predicted molar refractivity (Wildman–Crippen MR) is 81.1 cm³/mol. The molecule has 0 aliphatic heterocycles. The summed E-state index contributed by atoms with van der Waals surface area (Å²) in [6.07, 6.45) is 0. The Morgan fingerprint density at radius 3 is 2.60 bits per heavy atom. The Labute approximate surface area is 131 Å². The summed E-state index contributed by atoms with van der Waals surface area (Å²) < 4.78 is 29.4. The molecule has 1 N–H and O–H groups in total. The maximum atomic E-state index is 13.7. The van der Waals surface area contributed by atoms with Crippen LogP contribution in [0.4, 0.5) is 8.78 Å². The van der Waals surface area contributed by atoms with Gasteiger partial charge in [-0.1, -0.05) is 11.6 Å². The summed E-state index contributed by atoms with van der Waals surface area (Å²) in [7, 11) is 0. The number of aromatic nitrogens is 2. The van der Waals surface area contributed by atoms with Crippen molar-refractivity contribution in [2.24, 2.45) is 0 Å². The van der Waals surface area contributed by atoms with Gasteiger partial charge in [0, 0.05) is 11.1 Å². The monoisotopic (exact) mass is 374 g/mol. The van der Waals surface area contributed by atoms with Gasteiger partial charge < -0.3 is 4.98 Å². The summed E-state index contributed by atoms with van der Waals surface area (Å²) in [6, 6.07) is 6.95. The molecule has 0 fully saturated rings. The molecule has 0 bridgehead atoms. The average molecular weight is 376 g/mol. The predicted octanol–water partition coefficient (Wildman–Crippen LogP) is 5.38. The molecule has 0 amide bonds. The zero-order chi connectivity index (χ0) is 14.4. The molecule has 0 spiro atoms. The van der Waals surface area contributed by atoms with Gasteiger partial charge in [-0.3, -0.25) is 4.57 Å². The van der Waals surface area contributed by atoms with E-state index in [-0.39, 0.29) is 5.02 Å². The lowest BCUT2D eigenvalue weighted by Gasteiger charge is -2.06. The summed E-state index contributed by atoms with van der Waals surface area (Å²) in [5.41, 5.74) is 1.59. The van der Waals surface area contributed by atoms with Crippen LogP contribution in [0.3, 0.4) is 0 Å². The Morgan fingerprint density at radius 2 is 1.90 bits per heavy atom. The molecule has 0 saturated carbocycles. The van der Waals surface area contributed by atoms with E-state index in [2.05, 4.69) is 20.9 Å². The molecule has 7 heteroatoms. The van der Waals surface area contributed by atoms with Crippen molar-refractivity contribution >= 4 is 50.8 Å². The third-order valence-electron chi connectivity index (χ3n) is 2.83. The van der Waals surface area contributed by atoms with E-state index < -0.39 is 11.6 Å². The number of nitrogens with one attached hydrogen (secondary N) is 1. The maximum Gasteiger partial charge on any atom is 0.182 e. The lowest BCUT2D eigenvalue weighted by molar-refractivity contribution is 0.622. The number of hydrogen-bond acceptors (Lipinski definition) is 1. The standard InChI is InChI=1S/C13H6BrClF2N2S/c14-9-4-11-12(5-10(9)17)19(13(20)18-11)8-2-6(15)1-7(16)3-8/h1-5H,(H,18,20). The number of H-pyrrole nitrogens is 1. The van der Waals surface area contributed by atoms with Crippen molar-refractivity contribution in [2.75, 3.05) is 0 Å². The van der Waals surface area contributed by atoms with Crippen molar-refractivity contribution in [1.29, 1.82) is 0 Å². The molecule has 0 unspecified atom stereocenters. The first kappa shape index (κ1) is 13.7. The summed E-state index contributed by atoms with van der Waals surface area (Å²) in [6.45, 7) is 0. The second-order valence-electron chi connectivity index (χ2n) is 4.18. The van der Waals surface area contributed by atoms with E-state index in [4.69, 9.17) is 23.8 Å². The molecule has 0 aliphatic carbocycles. The molecule has 0 saturated heterocycles. The van der Waals surface area contributed by atoms with Gasteiger partial charge in [0.25, 0.3) is 0 Å². The van der Waals surface area contributed by atoms with Gasteiger partial charge in [0.1, 0.15) is 11.6 Å². The van der Waals surface area contributed by atoms with E-state index in [0.29, 0.717) is 26.0 Å². The number of fused-ring (bicyclic) bond motifs is 1. The summed E-state index contributed by atoms with van der Waals surface area (Å²) >= 11 is 14.2. The third kappa shape index (κ3) is 2.28. The highest BCUT2D eigenvalue weighted by molar-refractivity contribution is 9.10. The minimum Gasteiger partial charge on any atom is -0.330 e. The first-order valence-corrected chi connectivity index (χ1v) is 7.10. The number of benzene rings is 2. The van der Waals surface area contributed by atoms with Crippen molar-refractivity contribution in [1.82, 2.24) is 9.55 Å². The van der Waals surface area contributed by atoms with E-state index >= 15 is 0 Å². The number of rotatable bonds is 1. The third-order valence-corrected chi connectivity index (χ3v) is 3.94. The van der Waals surface area contributed by atoms with Crippen molar-refractivity contribution in [3.63, 3.8) is 0 Å². The highest BCUT2D eigenvalue weighted by atomic mass is 79.9. The highest BCUT2D eigenvalue weighted by Crippen LogP contribution is 2.27. The highest BCUT2D eigenvalue weighted by Gasteiger charge is 2.11. The van der Waals surface area contributed by atoms with Crippen LogP contribution in [0, 0.1) is 16.4 Å². The molecule has 2 aromatic carbocycles. The fourth-order valence-corrected chi connectivity index (χ4v) is 2.90. The topological polar surface area (TPSA) is 20.7 Å². The van der Waals surface area contributed by atoms with E-state index in [1.165, 1.54) is 22.8 Å². The van der Waals surface area contributed by atoms with E-state index in [0.717, 1.165) is 0 Å². The second-order valence-corrected chi connectivity index (χ2v) is 5.85. The summed E-state index contributed by atoms with van der Waals surface area (Å²) in [5.74, 6) is -0.913. The Bertz CT molecular complexity index is 868. The number of aromatic amines is 1. The van der Waals surface area contributed by atoms with Crippen LogP contribution in [0.25, 0.3) is 16.7 Å².